The summed E-state index contributed by atoms with van der Waals surface area (Å²) in [5.41, 5.74) is 6.67. The van der Waals surface area contributed by atoms with E-state index in [0.717, 1.165) is 43.2 Å². The van der Waals surface area contributed by atoms with Crippen molar-refractivity contribution in [1.82, 2.24) is 9.73 Å². The first-order valence-electron chi connectivity index (χ1n) is 13.4. The highest BCUT2D eigenvalue weighted by molar-refractivity contribution is 7.89. The number of ether oxygens (including phenoxy) is 1. The predicted octanol–water partition coefficient (Wildman–Crippen LogP) is 5.66. The van der Waals surface area contributed by atoms with Crippen LogP contribution in [0.25, 0.3) is 0 Å². The van der Waals surface area contributed by atoms with Crippen molar-refractivity contribution >= 4 is 22.1 Å². The molecule has 0 heterocycles. The molecule has 1 N–H and O–H groups in total. The first-order chi connectivity index (χ1) is 18.8. The molecule has 1 saturated carbocycles. The molecule has 3 aromatic rings. The van der Waals surface area contributed by atoms with Crippen LogP contribution in [0.4, 0.5) is 0 Å². The third-order valence-electron chi connectivity index (χ3n) is 7.00. The van der Waals surface area contributed by atoms with Crippen molar-refractivity contribution in [3.8, 4) is 5.75 Å². The number of nitrogens with zero attached hydrogens (tertiary/aromatic N) is 2. The molecule has 7 nitrogen and oxygen atoms in total. The summed E-state index contributed by atoms with van der Waals surface area (Å²) in [7, 11) is -3.89. The molecule has 0 radical (unpaired) electrons. The molecule has 206 valence electrons. The number of sulfonamides is 1. The fourth-order valence-electron chi connectivity index (χ4n) is 5.27. The van der Waals surface area contributed by atoms with Gasteiger partial charge < -0.3 is 4.74 Å². The molecule has 0 saturated heterocycles. The number of hydrazone groups is 1. The van der Waals surface area contributed by atoms with Crippen molar-refractivity contribution in [2.24, 2.45) is 5.10 Å². The van der Waals surface area contributed by atoms with E-state index >= 15 is 0 Å². The average molecular weight is 548 g/mol. The van der Waals surface area contributed by atoms with E-state index in [1.54, 1.807) is 0 Å². The highest BCUT2D eigenvalue weighted by Crippen LogP contribution is 2.31. The van der Waals surface area contributed by atoms with Crippen molar-refractivity contribution in [2.45, 2.75) is 70.4 Å². The lowest BCUT2D eigenvalue weighted by Gasteiger charge is -2.33. The minimum Gasteiger partial charge on any atom is -0.488 e. The summed E-state index contributed by atoms with van der Waals surface area (Å²) in [6.07, 6.45) is 5.98. The number of nitrogens with one attached hydrogen (secondary N) is 1. The molecular weight excluding hydrogens is 510 g/mol. The first-order valence-corrected chi connectivity index (χ1v) is 14.9. The number of carbonyl (C=O) groups is 1. The molecule has 0 atom stereocenters. The highest BCUT2D eigenvalue weighted by atomic mass is 32.2. The molecule has 0 aliphatic heterocycles. The topological polar surface area (TPSA) is 88.1 Å². The van der Waals surface area contributed by atoms with Crippen molar-refractivity contribution in [1.29, 1.82) is 0 Å². The predicted molar refractivity (Wildman–Crippen MR) is 154 cm³/mol. The molecule has 3 aromatic carbocycles. The van der Waals surface area contributed by atoms with Gasteiger partial charge in [-0.15, -0.1) is 0 Å². The van der Waals surface area contributed by atoms with E-state index in [9.17, 15) is 13.2 Å². The molecule has 39 heavy (non-hydrogen) atoms. The van der Waals surface area contributed by atoms with Crippen LogP contribution in [-0.2, 0) is 21.4 Å². The summed E-state index contributed by atoms with van der Waals surface area (Å²) >= 11 is 0. The number of carbonyl (C=O) groups excluding carboxylic acids is 1. The summed E-state index contributed by atoms with van der Waals surface area (Å²) in [6.45, 7) is 5.69. The van der Waals surface area contributed by atoms with Crippen LogP contribution in [0.1, 0.15) is 59.9 Å². The van der Waals surface area contributed by atoms with E-state index in [-0.39, 0.29) is 12.6 Å². The molecule has 1 aliphatic rings. The average Bonchev–Trinajstić information content (AvgIpc) is 2.91. The number of benzene rings is 3. The van der Waals surface area contributed by atoms with Gasteiger partial charge in [-0.1, -0.05) is 79.4 Å². The van der Waals surface area contributed by atoms with Gasteiger partial charge in [-0.25, -0.2) is 13.8 Å². The van der Waals surface area contributed by atoms with E-state index in [2.05, 4.69) is 10.5 Å². The van der Waals surface area contributed by atoms with Gasteiger partial charge in [-0.05, 0) is 62.4 Å². The van der Waals surface area contributed by atoms with Crippen molar-refractivity contribution in [3.05, 3.63) is 94.5 Å². The SMILES string of the molecule is Cc1cc(C)c(S(=O)(=O)N(CC(=O)N/N=C/c2ccccc2OCc2ccccc2)C2CCCCC2)c(C)c1. The number of hydrogen-bond acceptors (Lipinski definition) is 5. The number of aryl methyl sites for hydroxylation is 3. The van der Waals surface area contributed by atoms with Gasteiger partial charge in [0.2, 0.25) is 10.0 Å². The summed E-state index contributed by atoms with van der Waals surface area (Å²) in [6, 6.07) is 20.8. The zero-order valence-corrected chi connectivity index (χ0v) is 23.7. The highest BCUT2D eigenvalue weighted by Gasteiger charge is 2.35. The van der Waals surface area contributed by atoms with Gasteiger partial charge in [0.25, 0.3) is 5.91 Å². The molecule has 0 aromatic heterocycles. The Morgan fingerprint density at radius 2 is 1.62 bits per heavy atom. The van der Waals surface area contributed by atoms with Gasteiger partial charge in [-0.2, -0.15) is 9.41 Å². The van der Waals surface area contributed by atoms with E-state index in [1.165, 1.54) is 10.5 Å². The second kappa shape index (κ2) is 13.0. The van der Waals surface area contributed by atoms with E-state index in [0.29, 0.717) is 33.9 Å². The van der Waals surface area contributed by atoms with Crippen LogP contribution in [0.15, 0.2) is 76.7 Å². The lowest BCUT2D eigenvalue weighted by atomic mass is 9.95. The Hall–Kier alpha value is -3.49. The van der Waals surface area contributed by atoms with Crippen LogP contribution in [0.2, 0.25) is 0 Å². The third-order valence-corrected chi connectivity index (χ3v) is 9.21. The zero-order chi connectivity index (χ0) is 27.8. The molecular formula is C31H37N3O4S. The Balaban J connectivity index is 1.48. The second-order valence-corrected chi connectivity index (χ2v) is 12.0. The Kier molecular flexibility index (Phi) is 9.54. The lowest BCUT2D eigenvalue weighted by molar-refractivity contribution is -0.121. The van der Waals surface area contributed by atoms with Crippen LogP contribution in [0.5, 0.6) is 5.75 Å². The minimum atomic E-state index is -3.89. The summed E-state index contributed by atoms with van der Waals surface area (Å²) in [5, 5.41) is 4.13. The fourth-order valence-corrected chi connectivity index (χ4v) is 7.33. The van der Waals surface area contributed by atoms with E-state index in [4.69, 9.17) is 4.74 Å². The summed E-state index contributed by atoms with van der Waals surface area (Å²) in [4.78, 5) is 13.3. The molecule has 4 rings (SSSR count). The lowest BCUT2D eigenvalue weighted by Crippen LogP contribution is -2.46. The van der Waals surface area contributed by atoms with E-state index in [1.807, 2.05) is 87.5 Å². The van der Waals surface area contributed by atoms with Gasteiger partial charge in [-0.3, -0.25) is 4.79 Å². The maximum Gasteiger partial charge on any atom is 0.255 e. The van der Waals surface area contributed by atoms with E-state index < -0.39 is 15.9 Å². The van der Waals surface area contributed by atoms with Crippen LogP contribution >= 0.6 is 0 Å². The molecule has 1 amide bonds. The number of rotatable bonds is 10. The maximum atomic E-state index is 13.9. The number of hydrogen-bond donors (Lipinski definition) is 1. The van der Waals surface area contributed by atoms with Crippen LogP contribution in [-0.4, -0.2) is 37.4 Å². The van der Waals surface area contributed by atoms with Gasteiger partial charge in [0.1, 0.15) is 12.4 Å². The fraction of sp³-hybridized carbons (Fsp3) is 0.355. The molecule has 1 fully saturated rings. The van der Waals surface area contributed by atoms with Gasteiger partial charge in [0, 0.05) is 11.6 Å². The number of para-hydroxylation sites is 1. The Morgan fingerprint density at radius 3 is 2.31 bits per heavy atom. The maximum absolute atomic E-state index is 13.9. The minimum absolute atomic E-state index is 0.217. The quantitative estimate of drug-likeness (QED) is 0.262. The monoisotopic (exact) mass is 547 g/mol. The standard InChI is InChI=1S/C31H37N3O4S/c1-23-18-24(2)31(25(3)19-23)39(36,37)34(28-15-8-5-9-16-28)21-30(35)33-32-20-27-14-10-11-17-29(27)38-22-26-12-6-4-7-13-26/h4,6-7,10-14,17-20,28H,5,8-9,15-16,21-22H2,1-3H3,(H,33,35)/b32-20+. The Morgan fingerprint density at radius 1 is 0.974 bits per heavy atom. The first kappa shape index (κ1) is 28.5. The third kappa shape index (κ3) is 7.34. The smallest absolute Gasteiger partial charge is 0.255 e. The zero-order valence-electron chi connectivity index (χ0n) is 22.9. The Bertz CT molecular complexity index is 1390. The molecule has 0 spiro atoms. The second-order valence-electron chi connectivity index (χ2n) is 10.2. The van der Waals surface area contributed by atoms with Gasteiger partial charge in [0.05, 0.1) is 17.7 Å². The Labute approximate surface area is 231 Å². The van der Waals surface area contributed by atoms with Crippen molar-refractivity contribution in [2.75, 3.05) is 6.54 Å². The molecule has 0 bridgehead atoms. The van der Waals surface area contributed by atoms with Crippen LogP contribution in [0, 0.1) is 20.8 Å². The van der Waals surface area contributed by atoms with Gasteiger partial charge >= 0.3 is 0 Å². The van der Waals surface area contributed by atoms with Crippen LogP contribution < -0.4 is 10.2 Å². The van der Waals surface area contributed by atoms with Gasteiger partial charge in [0.15, 0.2) is 0 Å². The van der Waals surface area contributed by atoms with Crippen molar-refractivity contribution in [3.63, 3.8) is 0 Å². The normalized spacial score (nSPS) is 14.6. The largest absolute Gasteiger partial charge is 0.488 e. The summed E-state index contributed by atoms with van der Waals surface area (Å²) in [5.74, 6) is 0.154. The molecule has 1 aliphatic carbocycles. The van der Waals surface area contributed by atoms with Crippen LogP contribution in [0.3, 0.4) is 0 Å². The summed E-state index contributed by atoms with van der Waals surface area (Å²) < 4.78 is 35.2. The molecule has 8 heteroatoms. The van der Waals surface area contributed by atoms with Crippen molar-refractivity contribution < 1.29 is 17.9 Å². The number of amides is 1. The molecule has 0 unspecified atom stereocenters.